The molecule has 1 heterocycles. The van der Waals surface area contributed by atoms with Crippen molar-refractivity contribution in [2.75, 3.05) is 17.7 Å². The number of nitrogen functional groups attached to an aromatic ring is 1. The average molecular weight is 257 g/mol. The second-order valence-corrected chi connectivity index (χ2v) is 5.01. The molecule has 0 bridgehead atoms. The highest BCUT2D eigenvalue weighted by atomic mass is 16.5. The second-order valence-electron chi connectivity index (χ2n) is 5.01. The van der Waals surface area contributed by atoms with Crippen LogP contribution in [0, 0.1) is 0 Å². The highest BCUT2D eigenvalue weighted by Gasteiger charge is 2.29. The average Bonchev–Trinajstić information content (AvgIpc) is 2.39. The maximum absolute atomic E-state index is 6.22. The van der Waals surface area contributed by atoms with Crippen LogP contribution in [0.1, 0.15) is 19.8 Å². The molecule has 3 rings (SSSR count). The van der Waals surface area contributed by atoms with Crippen LogP contribution in [0.4, 0.5) is 11.4 Å². The van der Waals surface area contributed by atoms with E-state index in [4.69, 9.17) is 10.5 Å². The maximum atomic E-state index is 6.22. The molecule has 4 nitrogen and oxygen atoms in total. The fourth-order valence-electron chi connectivity index (χ4n) is 2.59. The predicted octanol–water partition coefficient (Wildman–Crippen LogP) is 2.80. The molecule has 100 valence electrons. The summed E-state index contributed by atoms with van der Waals surface area (Å²) >= 11 is 0. The Kier molecular flexibility index (Phi) is 3.25. The summed E-state index contributed by atoms with van der Waals surface area (Å²) in [6, 6.07) is 6.52. The van der Waals surface area contributed by atoms with Crippen molar-refractivity contribution in [3.05, 3.63) is 30.6 Å². The molecule has 2 aromatic rings. The fraction of sp³-hybridized carbons (Fsp3) is 0.400. The van der Waals surface area contributed by atoms with Crippen molar-refractivity contribution in [3.63, 3.8) is 0 Å². The standard InChI is InChI=1S/C15H19N3O/c1-2-19-12-7-11(8-12)18-14-4-3-10-9-17-6-5-13(10)15(14)16/h3-6,9,11-12,18H,2,7-8,16H2,1H3. The van der Waals surface area contributed by atoms with Crippen LogP contribution < -0.4 is 11.1 Å². The van der Waals surface area contributed by atoms with Crippen molar-refractivity contribution in [3.8, 4) is 0 Å². The van der Waals surface area contributed by atoms with Gasteiger partial charge in [0.15, 0.2) is 0 Å². The summed E-state index contributed by atoms with van der Waals surface area (Å²) in [6.07, 6.45) is 6.14. The van der Waals surface area contributed by atoms with Gasteiger partial charge in [-0.25, -0.2) is 0 Å². The van der Waals surface area contributed by atoms with Crippen LogP contribution in [-0.2, 0) is 4.74 Å². The Labute approximate surface area is 113 Å². The van der Waals surface area contributed by atoms with E-state index in [2.05, 4.69) is 16.4 Å². The van der Waals surface area contributed by atoms with Crippen LogP contribution in [0.3, 0.4) is 0 Å². The second kappa shape index (κ2) is 5.05. The lowest BCUT2D eigenvalue weighted by Crippen LogP contribution is -2.40. The molecule has 0 amide bonds. The first kappa shape index (κ1) is 12.2. The van der Waals surface area contributed by atoms with Crippen LogP contribution in [0.25, 0.3) is 10.8 Å². The lowest BCUT2D eigenvalue weighted by molar-refractivity contribution is 0.00300. The quantitative estimate of drug-likeness (QED) is 0.827. The van der Waals surface area contributed by atoms with E-state index in [9.17, 15) is 0 Å². The number of nitrogens with two attached hydrogens (primary N) is 1. The number of nitrogens with one attached hydrogen (secondary N) is 1. The molecule has 0 spiro atoms. The fourth-order valence-corrected chi connectivity index (χ4v) is 2.59. The van der Waals surface area contributed by atoms with Gasteiger partial charge in [0.1, 0.15) is 0 Å². The van der Waals surface area contributed by atoms with Gasteiger partial charge in [-0.15, -0.1) is 0 Å². The van der Waals surface area contributed by atoms with E-state index in [0.717, 1.165) is 41.6 Å². The van der Waals surface area contributed by atoms with Gasteiger partial charge < -0.3 is 15.8 Å². The molecule has 19 heavy (non-hydrogen) atoms. The highest BCUT2D eigenvalue weighted by molar-refractivity contribution is 5.98. The Hall–Kier alpha value is -1.81. The Morgan fingerprint density at radius 2 is 2.21 bits per heavy atom. The Morgan fingerprint density at radius 3 is 3.00 bits per heavy atom. The molecule has 3 N–H and O–H groups in total. The molecular formula is C15H19N3O. The monoisotopic (exact) mass is 257 g/mol. The number of ether oxygens (including phenoxy) is 1. The molecular weight excluding hydrogens is 238 g/mol. The van der Waals surface area contributed by atoms with E-state index in [-0.39, 0.29) is 0 Å². The largest absolute Gasteiger partial charge is 0.397 e. The zero-order valence-corrected chi connectivity index (χ0v) is 11.1. The SMILES string of the molecule is CCOC1CC(Nc2ccc3cnccc3c2N)C1. The minimum absolute atomic E-state index is 0.411. The third kappa shape index (κ3) is 2.36. The van der Waals surface area contributed by atoms with Gasteiger partial charge in [0, 0.05) is 35.8 Å². The van der Waals surface area contributed by atoms with E-state index >= 15 is 0 Å². The lowest BCUT2D eigenvalue weighted by atomic mass is 9.89. The zero-order chi connectivity index (χ0) is 13.2. The minimum atomic E-state index is 0.411. The summed E-state index contributed by atoms with van der Waals surface area (Å²) in [5.41, 5.74) is 8.04. The molecule has 0 saturated heterocycles. The first-order valence-electron chi connectivity index (χ1n) is 6.78. The summed E-state index contributed by atoms with van der Waals surface area (Å²) in [5, 5.41) is 5.63. The number of nitrogens with zero attached hydrogens (tertiary/aromatic N) is 1. The van der Waals surface area contributed by atoms with Crippen molar-refractivity contribution < 1.29 is 4.74 Å². The van der Waals surface area contributed by atoms with E-state index in [0.29, 0.717) is 12.1 Å². The molecule has 1 aliphatic rings. The molecule has 0 unspecified atom stereocenters. The van der Waals surface area contributed by atoms with Crippen LogP contribution >= 0.6 is 0 Å². The number of pyridine rings is 1. The molecule has 1 aromatic carbocycles. The third-order valence-electron chi connectivity index (χ3n) is 3.72. The number of aromatic nitrogens is 1. The Morgan fingerprint density at radius 1 is 1.37 bits per heavy atom. The highest BCUT2D eigenvalue weighted by Crippen LogP contribution is 2.32. The van der Waals surface area contributed by atoms with Gasteiger partial charge in [-0.2, -0.15) is 0 Å². The maximum Gasteiger partial charge on any atom is 0.0630 e. The Balaban J connectivity index is 1.74. The van der Waals surface area contributed by atoms with Crippen LogP contribution in [0.15, 0.2) is 30.6 Å². The van der Waals surface area contributed by atoms with Crippen molar-refractivity contribution >= 4 is 22.1 Å². The number of fused-ring (bicyclic) bond motifs is 1. The van der Waals surface area contributed by atoms with Crippen molar-refractivity contribution in [1.82, 2.24) is 4.98 Å². The molecule has 1 fully saturated rings. The summed E-state index contributed by atoms with van der Waals surface area (Å²) in [7, 11) is 0. The minimum Gasteiger partial charge on any atom is -0.397 e. The molecule has 0 atom stereocenters. The van der Waals surface area contributed by atoms with Crippen molar-refractivity contribution in [2.24, 2.45) is 0 Å². The normalized spacial score (nSPS) is 22.2. The van der Waals surface area contributed by atoms with Crippen molar-refractivity contribution in [2.45, 2.75) is 31.9 Å². The summed E-state index contributed by atoms with van der Waals surface area (Å²) in [6.45, 7) is 2.83. The smallest absolute Gasteiger partial charge is 0.0630 e. The van der Waals surface area contributed by atoms with Gasteiger partial charge >= 0.3 is 0 Å². The number of rotatable bonds is 4. The van der Waals surface area contributed by atoms with Gasteiger partial charge in [-0.3, -0.25) is 4.98 Å². The topological polar surface area (TPSA) is 60.2 Å². The molecule has 1 aromatic heterocycles. The molecule has 0 radical (unpaired) electrons. The lowest BCUT2D eigenvalue weighted by Gasteiger charge is -2.36. The summed E-state index contributed by atoms with van der Waals surface area (Å²) in [5.74, 6) is 0. The summed E-state index contributed by atoms with van der Waals surface area (Å²) < 4.78 is 5.57. The van der Waals surface area contributed by atoms with Crippen LogP contribution in [0.5, 0.6) is 0 Å². The zero-order valence-electron chi connectivity index (χ0n) is 11.1. The van der Waals surface area contributed by atoms with E-state index in [1.54, 1.807) is 6.20 Å². The summed E-state index contributed by atoms with van der Waals surface area (Å²) in [4.78, 5) is 4.11. The van der Waals surface area contributed by atoms with E-state index < -0.39 is 0 Å². The molecule has 1 aliphatic carbocycles. The third-order valence-corrected chi connectivity index (χ3v) is 3.72. The van der Waals surface area contributed by atoms with Gasteiger partial charge in [0.05, 0.1) is 17.5 Å². The Bertz CT molecular complexity index is 579. The first-order valence-corrected chi connectivity index (χ1v) is 6.78. The molecule has 0 aliphatic heterocycles. The van der Waals surface area contributed by atoms with Crippen LogP contribution in [-0.4, -0.2) is 23.7 Å². The number of benzene rings is 1. The van der Waals surface area contributed by atoms with Gasteiger partial charge in [-0.1, -0.05) is 6.07 Å². The van der Waals surface area contributed by atoms with E-state index in [1.807, 2.05) is 25.3 Å². The molecule has 4 heteroatoms. The van der Waals surface area contributed by atoms with Crippen molar-refractivity contribution in [1.29, 1.82) is 0 Å². The van der Waals surface area contributed by atoms with Gasteiger partial charge in [0.25, 0.3) is 0 Å². The van der Waals surface area contributed by atoms with Gasteiger partial charge in [-0.05, 0) is 31.9 Å². The number of anilines is 2. The number of hydrogen-bond donors (Lipinski definition) is 2. The molecule has 1 saturated carbocycles. The number of hydrogen-bond acceptors (Lipinski definition) is 4. The first-order chi connectivity index (χ1) is 9.28. The predicted molar refractivity (Wildman–Crippen MR) is 78.2 cm³/mol. The van der Waals surface area contributed by atoms with Crippen LogP contribution in [0.2, 0.25) is 0 Å². The van der Waals surface area contributed by atoms with E-state index in [1.165, 1.54) is 0 Å². The van der Waals surface area contributed by atoms with Gasteiger partial charge in [0.2, 0.25) is 0 Å².